The predicted molar refractivity (Wildman–Crippen MR) is 65.7 cm³/mol. The molecule has 86 valence electrons. The Bertz CT molecular complexity index is 260. The quantitative estimate of drug-likeness (QED) is 0.637. The summed E-state index contributed by atoms with van der Waals surface area (Å²) in [4.78, 5) is 12.7. The van der Waals surface area contributed by atoms with E-state index in [2.05, 4.69) is 32.9 Å². The third-order valence-corrected chi connectivity index (χ3v) is 2.34. The van der Waals surface area contributed by atoms with E-state index >= 15 is 0 Å². The molecule has 1 amide bonds. The summed E-state index contributed by atoms with van der Waals surface area (Å²) in [5.74, 6) is 0.114. The SMILES string of the molecule is CC(=O)N(C)C/C=C(/C)CCC=C(C)C. The lowest BCUT2D eigenvalue weighted by atomic mass is 10.1. The molecule has 0 aromatic carbocycles. The molecule has 0 N–H and O–H groups in total. The number of likely N-dealkylation sites (N-methyl/N-ethyl adjacent to an activating group) is 1. The summed E-state index contributed by atoms with van der Waals surface area (Å²) >= 11 is 0. The van der Waals surface area contributed by atoms with Gasteiger partial charge in [0.2, 0.25) is 5.91 Å². The molecule has 0 heterocycles. The summed E-state index contributed by atoms with van der Waals surface area (Å²) in [7, 11) is 1.82. The highest BCUT2D eigenvalue weighted by atomic mass is 16.2. The van der Waals surface area contributed by atoms with Gasteiger partial charge in [-0.2, -0.15) is 0 Å². The van der Waals surface area contributed by atoms with Crippen molar-refractivity contribution < 1.29 is 4.79 Å². The molecule has 0 aromatic rings. The van der Waals surface area contributed by atoms with E-state index in [4.69, 9.17) is 0 Å². The molecular weight excluding hydrogens is 186 g/mol. The minimum absolute atomic E-state index is 0.114. The Morgan fingerprint density at radius 1 is 1.13 bits per heavy atom. The Labute approximate surface area is 93.7 Å². The summed E-state index contributed by atoms with van der Waals surface area (Å²) in [5, 5.41) is 0. The summed E-state index contributed by atoms with van der Waals surface area (Å²) in [6.07, 6.45) is 6.54. The van der Waals surface area contributed by atoms with E-state index in [0.29, 0.717) is 0 Å². The monoisotopic (exact) mass is 209 g/mol. The van der Waals surface area contributed by atoms with Gasteiger partial charge in [-0.05, 0) is 33.6 Å². The van der Waals surface area contributed by atoms with Crippen LogP contribution < -0.4 is 0 Å². The van der Waals surface area contributed by atoms with E-state index in [0.717, 1.165) is 19.4 Å². The topological polar surface area (TPSA) is 20.3 Å². The molecule has 0 unspecified atom stereocenters. The Hall–Kier alpha value is -1.05. The Morgan fingerprint density at radius 3 is 2.20 bits per heavy atom. The molecule has 2 heteroatoms. The number of hydrogen-bond donors (Lipinski definition) is 0. The van der Waals surface area contributed by atoms with E-state index in [1.165, 1.54) is 11.1 Å². The maximum atomic E-state index is 10.9. The first kappa shape index (κ1) is 13.9. The molecule has 2 nitrogen and oxygen atoms in total. The van der Waals surface area contributed by atoms with Crippen LogP contribution in [0.1, 0.15) is 40.5 Å². The molecule has 0 saturated carbocycles. The molecule has 0 radical (unpaired) electrons. The maximum Gasteiger partial charge on any atom is 0.219 e. The number of carbonyl (C=O) groups is 1. The Balaban J connectivity index is 3.89. The van der Waals surface area contributed by atoms with Gasteiger partial charge in [-0.3, -0.25) is 4.79 Å². The van der Waals surface area contributed by atoms with Crippen molar-refractivity contribution in [3.8, 4) is 0 Å². The highest BCUT2D eigenvalue weighted by Crippen LogP contribution is 2.06. The van der Waals surface area contributed by atoms with E-state index in [9.17, 15) is 4.79 Å². The molecule has 15 heavy (non-hydrogen) atoms. The molecule has 0 spiro atoms. The minimum atomic E-state index is 0.114. The zero-order chi connectivity index (χ0) is 11.8. The van der Waals surface area contributed by atoms with Crippen molar-refractivity contribution in [3.63, 3.8) is 0 Å². The first-order valence-electron chi connectivity index (χ1n) is 5.44. The average Bonchev–Trinajstić information content (AvgIpc) is 2.13. The van der Waals surface area contributed by atoms with Crippen LogP contribution in [-0.4, -0.2) is 24.4 Å². The molecular formula is C13H23NO. The van der Waals surface area contributed by atoms with Gasteiger partial charge in [0.05, 0.1) is 0 Å². The van der Waals surface area contributed by atoms with Gasteiger partial charge < -0.3 is 4.90 Å². The van der Waals surface area contributed by atoms with Crippen LogP contribution in [0.2, 0.25) is 0 Å². The molecule has 0 bridgehead atoms. The maximum absolute atomic E-state index is 10.9. The number of amides is 1. The van der Waals surface area contributed by atoms with Crippen molar-refractivity contribution in [1.29, 1.82) is 0 Å². The molecule has 0 rings (SSSR count). The molecule has 0 saturated heterocycles. The molecule has 0 aromatic heterocycles. The van der Waals surface area contributed by atoms with Crippen LogP contribution in [0.25, 0.3) is 0 Å². The van der Waals surface area contributed by atoms with Crippen LogP contribution in [0, 0.1) is 0 Å². The van der Waals surface area contributed by atoms with Gasteiger partial charge in [0.15, 0.2) is 0 Å². The second-order valence-electron chi connectivity index (χ2n) is 4.27. The Kier molecular flexibility index (Phi) is 6.76. The fraction of sp³-hybridized carbons (Fsp3) is 0.615. The van der Waals surface area contributed by atoms with Gasteiger partial charge in [0, 0.05) is 20.5 Å². The number of allylic oxidation sites excluding steroid dienone is 3. The summed E-state index contributed by atoms with van der Waals surface area (Å²) in [5.41, 5.74) is 2.71. The number of carbonyl (C=O) groups excluding carboxylic acids is 1. The average molecular weight is 209 g/mol. The van der Waals surface area contributed by atoms with Crippen molar-refractivity contribution in [1.82, 2.24) is 4.90 Å². The zero-order valence-electron chi connectivity index (χ0n) is 10.6. The van der Waals surface area contributed by atoms with Crippen molar-refractivity contribution in [2.45, 2.75) is 40.5 Å². The fourth-order valence-electron chi connectivity index (χ4n) is 1.11. The van der Waals surface area contributed by atoms with Gasteiger partial charge in [0.25, 0.3) is 0 Å². The van der Waals surface area contributed by atoms with Crippen LogP contribution in [0.4, 0.5) is 0 Å². The molecule has 0 aliphatic rings. The number of hydrogen-bond acceptors (Lipinski definition) is 1. The van der Waals surface area contributed by atoms with Gasteiger partial charge in [-0.25, -0.2) is 0 Å². The highest BCUT2D eigenvalue weighted by Gasteiger charge is 1.98. The van der Waals surface area contributed by atoms with Crippen molar-refractivity contribution in [2.75, 3.05) is 13.6 Å². The summed E-state index contributed by atoms with van der Waals surface area (Å²) in [6, 6.07) is 0. The third kappa shape index (κ3) is 7.98. The van der Waals surface area contributed by atoms with Crippen molar-refractivity contribution in [2.24, 2.45) is 0 Å². The number of rotatable bonds is 5. The Morgan fingerprint density at radius 2 is 1.73 bits per heavy atom. The van der Waals surface area contributed by atoms with Crippen LogP contribution in [-0.2, 0) is 4.79 Å². The summed E-state index contributed by atoms with van der Waals surface area (Å²) < 4.78 is 0. The lowest BCUT2D eigenvalue weighted by Gasteiger charge is -2.12. The van der Waals surface area contributed by atoms with Gasteiger partial charge >= 0.3 is 0 Å². The first-order valence-corrected chi connectivity index (χ1v) is 5.44. The third-order valence-electron chi connectivity index (χ3n) is 2.34. The normalized spacial score (nSPS) is 11.1. The lowest BCUT2D eigenvalue weighted by molar-refractivity contribution is -0.127. The molecule has 0 atom stereocenters. The zero-order valence-corrected chi connectivity index (χ0v) is 10.6. The van der Waals surface area contributed by atoms with Crippen LogP contribution in [0.3, 0.4) is 0 Å². The van der Waals surface area contributed by atoms with Crippen molar-refractivity contribution >= 4 is 5.91 Å². The van der Waals surface area contributed by atoms with Crippen LogP contribution in [0.15, 0.2) is 23.3 Å². The van der Waals surface area contributed by atoms with E-state index in [1.807, 2.05) is 7.05 Å². The molecule has 0 aliphatic heterocycles. The largest absolute Gasteiger partial charge is 0.342 e. The van der Waals surface area contributed by atoms with Crippen LogP contribution >= 0.6 is 0 Å². The fourth-order valence-corrected chi connectivity index (χ4v) is 1.11. The van der Waals surface area contributed by atoms with E-state index < -0.39 is 0 Å². The van der Waals surface area contributed by atoms with Crippen molar-refractivity contribution in [3.05, 3.63) is 23.3 Å². The second kappa shape index (κ2) is 7.27. The van der Waals surface area contributed by atoms with E-state index in [1.54, 1.807) is 11.8 Å². The molecule has 0 fully saturated rings. The van der Waals surface area contributed by atoms with Gasteiger partial charge in [-0.1, -0.05) is 23.3 Å². The lowest BCUT2D eigenvalue weighted by Crippen LogP contribution is -2.23. The predicted octanol–water partition coefficient (Wildman–Crippen LogP) is 3.16. The minimum Gasteiger partial charge on any atom is -0.342 e. The first-order chi connectivity index (χ1) is 6.93. The van der Waals surface area contributed by atoms with Gasteiger partial charge in [0.1, 0.15) is 0 Å². The van der Waals surface area contributed by atoms with E-state index in [-0.39, 0.29) is 5.91 Å². The summed E-state index contributed by atoms with van der Waals surface area (Å²) in [6.45, 7) is 8.65. The molecule has 0 aliphatic carbocycles. The second-order valence-corrected chi connectivity index (χ2v) is 4.27. The standard InChI is InChI=1S/C13H23NO/c1-11(2)7-6-8-12(3)9-10-14(5)13(4)15/h7,9H,6,8,10H2,1-5H3/b12-9-. The highest BCUT2D eigenvalue weighted by molar-refractivity contribution is 5.72. The smallest absolute Gasteiger partial charge is 0.219 e. The van der Waals surface area contributed by atoms with Gasteiger partial charge in [-0.15, -0.1) is 0 Å². The number of nitrogens with zero attached hydrogens (tertiary/aromatic N) is 1. The van der Waals surface area contributed by atoms with Crippen LogP contribution in [0.5, 0.6) is 0 Å².